The van der Waals surface area contributed by atoms with Crippen molar-refractivity contribution in [3.63, 3.8) is 0 Å². The molecule has 0 saturated carbocycles. The van der Waals surface area contributed by atoms with E-state index in [2.05, 4.69) is 32.5 Å². The van der Waals surface area contributed by atoms with Gasteiger partial charge in [0, 0.05) is 43.8 Å². The quantitative estimate of drug-likeness (QED) is 0.696. The maximum Gasteiger partial charge on any atom is 0.242 e. The smallest absolute Gasteiger partial charge is 0.242 e. The monoisotopic (exact) mass is 346 g/mol. The van der Waals surface area contributed by atoms with Crippen molar-refractivity contribution in [2.75, 3.05) is 25.0 Å². The molecule has 1 atom stereocenters. The SMILES string of the molecule is O=S(=O)(NCCN[C@@H]1CCCNc2ccccc21)c1cccnc1. The van der Waals surface area contributed by atoms with Gasteiger partial charge in [-0.2, -0.15) is 0 Å². The van der Waals surface area contributed by atoms with Crippen LogP contribution in [0, 0.1) is 0 Å². The lowest BCUT2D eigenvalue weighted by atomic mass is 10.0. The summed E-state index contributed by atoms with van der Waals surface area (Å²) in [7, 11) is -3.50. The molecule has 1 aromatic heterocycles. The van der Waals surface area contributed by atoms with E-state index in [1.165, 1.54) is 17.8 Å². The topological polar surface area (TPSA) is 83.1 Å². The minimum atomic E-state index is -3.50. The van der Waals surface area contributed by atoms with Gasteiger partial charge in [-0.05, 0) is 36.6 Å². The summed E-state index contributed by atoms with van der Waals surface area (Å²) in [6.45, 7) is 1.87. The number of nitrogens with one attached hydrogen (secondary N) is 3. The predicted molar refractivity (Wildman–Crippen MR) is 94.3 cm³/mol. The molecule has 0 spiro atoms. The Balaban J connectivity index is 1.55. The van der Waals surface area contributed by atoms with E-state index in [1.807, 2.05) is 12.1 Å². The van der Waals surface area contributed by atoms with Crippen LogP contribution in [0.2, 0.25) is 0 Å². The summed E-state index contributed by atoms with van der Waals surface area (Å²) in [6, 6.07) is 11.6. The molecule has 128 valence electrons. The number of anilines is 1. The van der Waals surface area contributed by atoms with E-state index in [1.54, 1.807) is 12.3 Å². The Morgan fingerprint density at radius 3 is 2.88 bits per heavy atom. The zero-order valence-corrected chi connectivity index (χ0v) is 14.2. The van der Waals surface area contributed by atoms with Crippen molar-refractivity contribution in [2.45, 2.75) is 23.8 Å². The van der Waals surface area contributed by atoms with Crippen LogP contribution in [0.4, 0.5) is 5.69 Å². The number of para-hydroxylation sites is 1. The molecule has 2 heterocycles. The first-order chi connectivity index (χ1) is 11.7. The van der Waals surface area contributed by atoms with Crippen molar-refractivity contribution in [3.8, 4) is 0 Å². The summed E-state index contributed by atoms with van der Waals surface area (Å²) in [5.74, 6) is 0. The first kappa shape index (κ1) is 16.9. The Morgan fingerprint density at radius 2 is 2.04 bits per heavy atom. The number of sulfonamides is 1. The van der Waals surface area contributed by atoms with Gasteiger partial charge < -0.3 is 10.6 Å². The second-order valence-corrected chi connectivity index (χ2v) is 7.52. The van der Waals surface area contributed by atoms with Gasteiger partial charge in [-0.1, -0.05) is 18.2 Å². The van der Waals surface area contributed by atoms with E-state index in [-0.39, 0.29) is 10.9 Å². The average Bonchev–Trinajstić information content (AvgIpc) is 2.82. The molecule has 1 aromatic carbocycles. The molecule has 0 aliphatic carbocycles. The third-order valence-electron chi connectivity index (χ3n) is 4.07. The summed E-state index contributed by atoms with van der Waals surface area (Å²) in [5, 5.41) is 6.89. The second-order valence-electron chi connectivity index (χ2n) is 5.75. The zero-order chi connectivity index (χ0) is 16.8. The zero-order valence-electron chi connectivity index (χ0n) is 13.4. The van der Waals surface area contributed by atoms with Crippen LogP contribution in [0.3, 0.4) is 0 Å². The Hall–Kier alpha value is -1.96. The van der Waals surface area contributed by atoms with Crippen LogP contribution >= 0.6 is 0 Å². The Morgan fingerprint density at radius 1 is 1.17 bits per heavy atom. The molecule has 6 nitrogen and oxygen atoms in total. The fourth-order valence-corrected chi connectivity index (χ4v) is 3.87. The van der Waals surface area contributed by atoms with Crippen molar-refractivity contribution < 1.29 is 8.42 Å². The predicted octanol–water partition coefficient (Wildman–Crippen LogP) is 1.90. The van der Waals surface area contributed by atoms with E-state index in [9.17, 15) is 8.42 Å². The highest BCUT2D eigenvalue weighted by atomic mass is 32.2. The summed E-state index contributed by atoms with van der Waals surface area (Å²) in [6.07, 6.45) is 5.01. The molecule has 3 rings (SSSR count). The molecule has 1 aliphatic rings. The van der Waals surface area contributed by atoms with Crippen LogP contribution in [0.15, 0.2) is 53.7 Å². The third-order valence-corrected chi connectivity index (χ3v) is 5.52. The van der Waals surface area contributed by atoms with Gasteiger partial charge in [-0.15, -0.1) is 0 Å². The van der Waals surface area contributed by atoms with Crippen molar-refractivity contribution in [1.29, 1.82) is 0 Å². The van der Waals surface area contributed by atoms with Crippen LogP contribution in [-0.4, -0.2) is 33.0 Å². The Labute approximate surface area is 142 Å². The Kier molecular flexibility index (Phi) is 5.44. The van der Waals surface area contributed by atoms with Gasteiger partial charge in [0.15, 0.2) is 0 Å². The fraction of sp³-hybridized carbons (Fsp3) is 0.353. The van der Waals surface area contributed by atoms with E-state index < -0.39 is 10.0 Å². The molecule has 0 fully saturated rings. The van der Waals surface area contributed by atoms with Crippen molar-refractivity contribution >= 4 is 15.7 Å². The van der Waals surface area contributed by atoms with Gasteiger partial charge in [0.1, 0.15) is 4.90 Å². The normalized spacial score (nSPS) is 17.6. The van der Waals surface area contributed by atoms with Crippen LogP contribution in [0.5, 0.6) is 0 Å². The molecule has 0 bridgehead atoms. The van der Waals surface area contributed by atoms with Gasteiger partial charge >= 0.3 is 0 Å². The Bertz CT molecular complexity index is 765. The molecule has 3 N–H and O–H groups in total. The molecule has 0 unspecified atom stereocenters. The molecular formula is C17H22N4O2S. The van der Waals surface area contributed by atoms with Gasteiger partial charge in [0.25, 0.3) is 0 Å². The van der Waals surface area contributed by atoms with Crippen LogP contribution in [-0.2, 0) is 10.0 Å². The van der Waals surface area contributed by atoms with Gasteiger partial charge in [0.2, 0.25) is 10.0 Å². The molecule has 7 heteroatoms. The number of benzene rings is 1. The number of pyridine rings is 1. The number of fused-ring (bicyclic) bond motifs is 1. The summed E-state index contributed by atoms with van der Waals surface area (Å²) in [5.41, 5.74) is 2.40. The summed E-state index contributed by atoms with van der Waals surface area (Å²) >= 11 is 0. The summed E-state index contributed by atoms with van der Waals surface area (Å²) < 4.78 is 26.9. The van der Waals surface area contributed by atoms with Gasteiger partial charge in [0.05, 0.1) is 0 Å². The van der Waals surface area contributed by atoms with Gasteiger partial charge in [-0.3, -0.25) is 4.98 Å². The maximum absolute atomic E-state index is 12.1. The maximum atomic E-state index is 12.1. The standard InChI is InChI=1S/C17H22N4O2S/c22-24(23,14-5-3-9-18-13-14)21-12-11-20-17-8-4-10-19-16-7-2-1-6-15(16)17/h1-3,5-7,9,13,17,19-21H,4,8,10-12H2/t17-/m1/s1. The van der Waals surface area contributed by atoms with Crippen molar-refractivity contribution in [3.05, 3.63) is 54.4 Å². The molecule has 24 heavy (non-hydrogen) atoms. The number of hydrogen-bond acceptors (Lipinski definition) is 5. The van der Waals surface area contributed by atoms with Gasteiger partial charge in [-0.25, -0.2) is 13.1 Å². The first-order valence-electron chi connectivity index (χ1n) is 8.13. The summed E-state index contributed by atoms with van der Waals surface area (Å²) in [4.78, 5) is 4.04. The molecule has 2 aromatic rings. The molecule has 0 saturated heterocycles. The minimum absolute atomic E-state index is 0.189. The highest BCUT2D eigenvalue weighted by Gasteiger charge is 2.18. The van der Waals surface area contributed by atoms with Crippen LogP contribution in [0.25, 0.3) is 0 Å². The first-order valence-corrected chi connectivity index (χ1v) is 9.61. The molecule has 0 radical (unpaired) electrons. The van der Waals surface area contributed by atoms with Crippen LogP contribution in [0.1, 0.15) is 24.4 Å². The van der Waals surface area contributed by atoms with E-state index >= 15 is 0 Å². The van der Waals surface area contributed by atoms with E-state index in [0.717, 1.165) is 25.1 Å². The minimum Gasteiger partial charge on any atom is -0.385 e. The molecule has 0 amide bonds. The lowest BCUT2D eigenvalue weighted by Crippen LogP contribution is -2.33. The highest BCUT2D eigenvalue weighted by Crippen LogP contribution is 2.28. The highest BCUT2D eigenvalue weighted by molar-refractivity contribution is 7.89. The third kappa shape index (κ3) is 4.11. The fourth-order valence-electron chi connectivity index (χ4n) is 2.88. The van der Waals surface area contributed by atoms with E-state index in [4.69, 9.17) is 0 Å². The number of nitrogens with zero attached hydrogens (tertiary/aromatic N) is 1. The van der Waals surface area contributed by atoms with E-state index in [0.29, 0.717) is 13.1 Å². The number of rotatable bonds is 6. The lowest BCUT2D eigenvalue weighted by Gasteiger charge is -2.19. The number of aromatic nitrogens is 1. The van der Waals surface area contributed by atoms with Crippen LogP contribution < -0.4 is 15.4 Å². The molecular weight excluding hydrogens is 324 g/mol. The van der Waals surface area contributed by atoms with Crippen molar-refractivity contribution in [1.82, 2.24) is 15.0 Å². The largest absolute Gasteiger partial charge is 0.385 e. The average molecular weight is 346 g/mol. The number of hydrogen-bond donors (Lipinski definition) is 3. The van der Waals surface area contributed by atoms with Crippen molar-refractivity contribution in [2.24, 2.45) is 0 Å². The lowest BCUT2D eigenvalue weighted by molar-refractivity contribution is 0.497. The molecule has 1 aliphatic heterocycles. The second kappa shape index (κ2) is 7.74.